The van der Waals surface area contributed by atoms with Gasteiger partial charge in [0.05, 0.1) is 6.61 Å². The quantitative estimate of drug-likeness (QED) is 0.561. The summed E-state index contributed by atoms with van der Waals surface area (Å²) < 4.78 is 11.7. The third-order valence-electron chi connectivity index (χ3n) is 4.31. The standard InChI is InChI=1S/C23H30O4/c1-17-14-19(26-13-9-8-12-23(2,3)4)15-20(21(17)22(24)25)27-16-18-10-6-5-7-11-18/h5-7,10-11,14-15H,8-9,12-13,16H2,1-4H3,(H,24,25). The van der Waals surface area contributed by atoms with Crippen LogP contribution in [0.3, 0.4) is 0 Å². The molecular formula is C23H30O4. The molecule has 0 radical (unpaired) electrons. The molecule has 2 rings (SSSR count). The second kappa shape index (κ2) is 9.45. The van der Waals surface area contributed by atoms with Crippen LogP contribution in [-0.4, -0.2) is 17.7 Å². The predicted molar refractivity (Wildman–Crippen MR) is 108 cm³/mol. The molecule has 0 atom stereocenters. The van der Waals surface area contributed by atoms with Gasteiger partial charge in [-0.05, 0) is 48.8 Å². The fourth-order valence-corrected chi connectivity index (χ4v) is 2.88. The van der Waals surface area contributed by atoms with Crippen molar-refractivity contribution in [1.82, 2.24) is 0 Å². The number of carboxylic acid groups (broad SMARTS) is 1. The number of hydrogen-bond acceptors (Lipinski definition) is 3. The molecule has 2 aromatic carbocycles. The normalized spacial score (nSPS) is 11.3. The van der Waals surface area contributed by atoms with Gasteiger partial charge in [-0.1, -0.05) is 51.1 Å². The summed E-state index contributed by atoms with van der Waals surface area (Å²) in [6, 6.07) is 13.1. The van der Waals surface area contributed by atoms with E-state index in [2.05, 4.69) is 20.8 Å². The molecule has 0 heterocycles. The molecule has 0 bridgehead atoms. The maximum atomic E-state index is 11.6. The fourth-order valence-electron chi connectivity index (χ4n) is 2.88. The van der Waals surface area contributed by atoms with Crippen molar-refractivity contribution < 1.29 is 19.4 Å². The van der Waals surface area contributed by atoms with Crippen molar-refractivity contribution >= 4 is 5.97 Å². The molecule has 0 spiro atoms. The number of benzene rings is 2. The predicted octanol–water partition coefficient (Wildman–Crippen LogP) is 5.87. The lowest BCUT2D eigenvalue weighted by Crippen LogP contribution is -2.08. The highest BCUT2D eigenvalue weighted by Crippen LogP contribution is 2.30. The molecular weight excluding hydrogens is 340 g/mol. The average Bonchev–Trinajstić information content (AvgIpc) is 2.59. The highest BCUT2D eigenvalue weighted by atomic mass is 16.5. The maximum absolute atomic E-state index is 11.6. The number of rotatable bonds is 9. The summed E-state index contributed by atoms with van der Waals surface area (Å²) >= 11 is 0. The molecule has 4 nitrogen and oxygen atoms in total. The summed E-state index contributed by atoms with van der Waals surface area (Å²) in [5.41, 5.74) is 2.14. The van der Waals surface area contributed by atoms with Crippen LogP contribution in [0.2, 0.25) is 0 Å². The molecule has 4 heteroatoms. The zero-order chi connectivity index (χ0) is 19.9. The molecule has 27 heavy (non-hydrogen) atoms. The third-order valence-corrected chi connectivity index (χ3v) is 4.31. The van der Waals surface area contributed by atoms with Gasteiger partial charge in [0.15, 0.2) is 0 Å². The molecule has 0 saturated heterocycles. The summed E-state index contributed by atoms with van der Waals surface area (Å²) in [7, 11) is 0. The minimum Gasteiger partial charge on any atom is -0.493 e. The first kappa shape index (κ1) is 20.8. The number of ether oxygens (including phenoxy) is 2. The van der Waals surface area contributed by atoms with Gasteiger partial charge in [0, 0.05) is 6.07 Å². The maximum Gasteiger partial charge on any atom is 0.339 e. The molecule has 0 fully saturated rings. The summed E-state index contributed by atoms with van der Waals surface area (Å²) in [6.07, 6.45) is 3.23. The number of aromatic carboxylic acids is 1. The van der Waals surface area contributed by atoms with E-state index in [4.69, 9.17) is 9.47 Å². The zero-order valence-corrected chi connectivity index (χ0v) is 16.7. The van der Waals surface area contributed by atoms with Gasteiger partial charge in [-0.15, -0.1) is 0 Å². The molecule has 0 unspecified atom stereocenters. The first-order chi connectivity index (χ1) is 12.8. The van der Waals surface area contributed by atoms with Gasteiger partial charge in [0.2, 0.25) is 0 Å². The van der Waals surface area contributed by atoms with Gasteiger partial charge in [-0.2, -0.15) is 0 Å². The number of carbonyl (C=O) groups is 1. The topological polar surface area (TPSA) is 55.8 Å². The molecule has 0 saturated carbocycles. The van der Waals surface area contributed by atoms with Crippen molar-refractivity contribution in [2.45, 2.75) is 53.6 Å². The van der Waals surface area contributed by atoms with Gasteiger partial charge in [0.25, 0.3) is 0 Å². The lowest BCUT2D eigenvalue weighted by Gasteiger charge is -2.18. The molecule has 146 valence electrons. The third kappa shape index (κ3) is 6.97. The van der Waals surface area contributed by atoms with Crippen LogP contribution in [0.1, 0.15) is 61.5 Å². The second-order valence-corrected chi connectivity index (χ2v) is 8.06. The second-order valence-electron chi connectivity index (χ2n) is 8.06. The van der Waals surface area contributed by atoms with Crippen LogP contribution in [-0.2, 0) is 6.61 Å². The average molecular weight is 370 g/mol. The van der Waals surface area contributed by atoms with E-state index in [1.807, 2.05) is 30.3 Å². The Morgan fingerprint density at radius 3 is 2.37 bits per heavy atom. The SMILES string of the molecule is Cc1cc(OCCCCC(C)(C)C)cc(OCc2ccccc2)c1C(=O)O. The van der Waals surface area contributed by atoms with Crippen LogP contribution in [0.5, 0.6) is 11.5 Å². The van der Waals surface area contributed by atoms with Crippen molar-refractivity contribution in [2.24, 2.45) is 5.41 Å². The van der Waals surface area contributed by atoms with Gasteiger partial charge >= 0.3 is 5.97 Å². The van der Waals surface area contributed by atoms with E-state index in [9.17, 15) is 9.90 Å². The van der Waals surface area contributed by atoms with Crippen LogP contribution in [0, 0.1) is 12.3 Å². The Bertz CT molecular complexity index is 745. The Balaban J connectivity index is 2.04. The summed E-state index contributed by atoms with van der Waals surface area (Å²) in [6.45, 7) is 9.40. The minimum atomic E-state index is -0.993. The number of unbranched alkanes of at least 4 members (excludes halogenated alkanes) is 1. The summed E-state index contributed by atoms with van der Waals surface area (Å²) in [5.74, 6) is -0.000321. The van der Waals surface area contributed by atoms with E-state index < -0.39 is 5.97 Å². The van der Waals surface area contributed by atoms with Crippen molar-refractivity contribution in [3.8, 4) is 11.5 Å². The molecule has 1 N–H and O–H groups in total. The minimum absolute atomic E-state index is 0.186. The van der Waals surface area contributed by atoms with Crippen molar-refractivity contribution in [1.29, 1.82) is 0 Å². The fraction of sp³-hybridized carbons (Fsp3) is 0.435. The van der Waals surface area contributed by atoms with Crippen LogP contribution in [0.15, 0.2) is 42.5 Å². The lowest BCUT2D eigenvalue weighted by molar-refractivity contribution is 0.0691. The Kier molecular flexibility index (Phi) is 7.28. The van der Waals surface area contributed by atoms with Gasteiger partial charge < -0.3 is 14.6 Å². The Morgan fingerprint density at radius 2 is 1.74 bits per heavy atom. The molecule has 0 amide bonds. The number of aryl methyl sites for hydroxylation is 1. The Labute approximate surface area is 162 Å². The van der Waals surface area contributed by atoms with E-state index in [0.29, 0.717) is 35.7 Å². The molecule has 0 aliphatic carbocycles. The van der Waals surface area contributed by atoms with E-state index >= 15 is 0 Å². The van der Waals surface area contributed by atoms with Gasteiger partial charge in [-0.25, -0.2) is 4.79 Å². The van der Waals surface area contributed by atoms with Crippen molar-refractivity contribution in [2.75, 3.05) is 6.61 Å². The summed E-state index contributed by atoms with van der Waals surface area (Å²) in [5, 5.41) is 9.54. The van der Waals surface area contributed by atoms with Crippen LogP contribution in [0.25, 0.3) is 0 Å². The van der Waals surface area contributed by atoms with E-state index in [-0.39, 0.29) is 5.56 Å². The highest BCUT2D eigenvalue weighted by Gasteiger charge is 2.17. The summed E-state index contributed by atoms with van der Waals surface area (Å²) in [4.78, 5) is 11.6. The first-order valence-electron chi connectivity index (χ1n) is 9.44. The van der Waals surface area contributed by atoms with Gasteiger partial charge in [0.1, 0.15) is 23.7 Å². The van der Waals surface area contributed by atoms with Gasteiger partial charge in [-0.3, -0.25) is 0 Å². The van der Waals surface area contributed by atoms with Crippen LogP contribution >= 0.6 is 0 Å². The van der Waals surface area contributed by atoms with Crippen LogP contribution < -0.4 is 9.47 Å². The Hall–Kier alpha value is -2.49. The van der Waals surface area contributed by atoms with E-state index in [1.54, 1.807) is 19.1 Å². The first-order valence-corrected chi connectivity index (χ1v) is 9.44. The molecule has 0 aliphatic heterocycles. The smallest absolute Gasteiger partial charge is 0.339 e. The lowest BCUT2D eigenvalue weighted by atomic mass is 9.90. The van der Waals surface area contributed by atoms with Crippen LogP contribution in [0.4, 0.5) is 0 Å². The zero-order valence-electron chi connectivity index (χ0n) is 16.7. The van der Waals surface area contributed by atoms with Crippen molar-refractivity contribution in [3.05, 3.63) is 59.2 Å². The largest absolute Gasteiger partial charge is 0.493 e. The molecule has 2 aromatic rings. The molecule has 0 aliphatic rings. The molecule has 0 aromatic heterocycles. The Morgan fingerprint density at radius 1 is 1.04 bits per heavy atom. The number of carboxylic acids is 1. The number of hydrogen-bond donors (Lipinski definition) is 1. The monoisotopic (exact) mass is 370 g/mol. The van der Waals surface area contributed by atoms with E-state index in [0.717, 1.165) is 24.8 Å². The van der Waals surface area contributed by atoms with Crippen molar-refractivity contribution in [3.63, 3.8) is 0 Å². The highest BCUT2D eigenvalue weighted by molar-refractivity contribution is 5.93. The van der Waals surface area contributed by atoms with E-state index in [1.165, 1.54) is 0 Å².